The van der Waals surface area contributed by atoms with Crippen LogP contribution in [-0.2, 0) is 25.6 Å². The van der Waals surface area contributed by atoms with Crippen LogP contribution in [0.15, 0.2) is 86.6 Å². The molecule has 0 spiro atoms. The van der Waals surface area contributed by atoms with E-state index in [1.807, 2.05) is 80.6 Å². The molecule has 0 amide bonds. The molecule has 0 N–H and O–H groups in total. The fraction of sp³-hybridized carbons (Fsp3) is 0.219. The topological polar surface area (TPSA) is 86.8 Å². The van der Waals surface area contributed by atoms with E-state index in [0.29, 0.717) is 49.4 Å². The Morgan fingerprint density at radius 3 is 1.78 bits per heavy atom. The molecule has 0 aliphatic heterocycles. The second-order valence-electron chi connectivity index (χ2n) is 10.00. The lowest BCUT2D eigenvalue weighted by molar-refractivity contribution is 0.103. The monoisotopic (exact) mass is 582 g/mol. The third-order valence-corrected chi connectivity index (χ3v) is 9.36. The number of ketones is 1. The zero-order valence-electron chi connectivity index (χ0n) is 23.6. The van der Waals surface area contributed by atoms with E-state index in [-0.39, 0.29) is 16.9 Å². The summed E-state index contributed by atoms with van der Waals surface area (Å²) in [5, 5.41) is 1.98. The van der Waals surface area contributed by atoms with Gasteiger partial charge in [-0.05, 0) is 43.5 Å². The predicted octanol–water partition coefficient (Wildman–Crippen LogP) is 5.77. The summed E-state index contributed by atoms with van der Waals surface area (Å²) in [6, 6.07) is 20.8. The molecular formula is C32H30N4O3S2. The van der Waals surface area contributed by atoms with Crippen molar-refractivity contribution < 1.29 is 4.79 Å². The van der Waals surface area contributed by atoms with Crippen LogP contribution in [0.4, 0.5) is 0 Å². The predicted molar refractivity (Wildman–Crippen MR) is 166 cm³/mol. The number of benzene rings is 3. The molecule has 41 heavy (non-hydrogen) atoms. The Hall–Kier alpha value is -3.95. The number of aromatic nitrogens is 4. The van der Waals surface area contributed by atoms with Crippen molar-refractivity contribution in [1.29, 1.82) is 0 Å². The smallest absolute Gasteiger partial charge is 0.262 e. The number of rotatable bonds is 8. The van der Waals surface area contributed by atoms with E-state index in [4.69, 9.17) is 4.98 Å². The Kier molecular flexibility index (Phi) is 8.28. The standard InChI is InChI=1S/C32H30N4O3S2/c1-19-7-6-8-26-27(19)30(39)36(5)32(34-26)41-18-23-11-15-25(16-12-23)28(37)24-13-9-22(10-14-24)17-40-31-33-21(3)20(2)29(38)35(31)4/h6-16H,17-18H2,1-5H3. The van der Waals surface area contributed by atoms with Crippen molar-refractivity contribution in [3.63, 3.8) is 0 Å². The molecule has 0 unspecified atom stereocenters. The van der Waals surface area contributed by atoms with Crippen LogP contribution in [0.25, 0.3) is 10.9 Å². The number of hydrogen-bond acceptors (Lipinski definition) is 7. The van der Waals surface area contributed by atoms with Crippen LogP contribution in [0.5, 0.6) is 0 Å². The molecule has 0 radical (unpaired) electrons. The summed E-state index contributed by atoms with van der Waals surface area (Å²) in [7, 11) is 3.48. The van der Waals surface area contributed by atoms with E-state index < -0.39 is 0 Å². The molecule has 0 aliphatic carbocycles. The summed E-state index contributed by atoms with van der Waals surface area (Å²) in [6.07, 6.45) is 0. The number of carbonyl (C=O) groups is 1. The van der Waals surface area contributed by atoms with Gasteiger partial charge in [-0.15, -0.1) is 0 Å². The van der Waals surface area contributed by atoms with Gasteiger partial charge in [0.25, 0.3) is 11.1 Å². The molecule has 3 aromatic carbocycles. The molecule has 5 aromatic rings. The van der Waals surface area contributed by atoms with E-state index in [2.05, 4.69) is 4.98 Å². The molecule has 2 aromatic heterocycles. The second-order valence-corrected chi connectivity index (χ2v) is 11.9. The normalized spacial score (nSPS) is 11.2. The molecular weight excluding hydrogens is 553 g/mol. The Morgan fingerprint density at radius 2 is 1.22 bits per heavy atom. The van der Waals surface area contributed by atoms with Crippen molar-refractivity contribution in [2.75, 3.05) is 0 Å². The Morgan fingerprint density at radius 1 is 0.707 bits per heavy atom. The summed E-state index contributed by atoms with van der Waals surface area (Å²) < 4.78 is 3.17. The van der Waals surface area contributed by atoms with Crippen LogP contribution in [0.1, 0.15) is 43.9 Å². The van der Waals surface area contributed by atoms with E-state index in [9.17, 15) is 14.4 Å². The molecule has 0 bridgehead atoms. The van der Waals surface area contributed by atoms with Crippen LogP contribution in [0.3, 0.4) is 0 Å². The Labute approximate surface area is 246 Å². The number of aryl methyl sites for hydroxylation is 2. The first kappa shape index (κ1) is 28.6. The summed E-state index contributed by atoms with van der Waals surface area (Å²) in [6.45, 7) is 5.56. The van der Waals surface area contributed by atoms with Crippen molar-refractivity contribution in [3.05, 3.63) is 127 Å². The first-order chi connectivity index (χ1) is 19.6. The average molecular weight is 583 g/mol. The van der Waals surface area contributed by atoms with Gasteiger partial charge in [-0.2, -0.15) is 0 Å². The van der Waals surface area contributed by atoms with E-state index in [1.165, 1.54) is 23.5 Å². The molecule has 7 nitrogen and oxygen atoms in total. The maximum atomic E-state index is 13.1. The highest BCUT2D eigenvalue weighted by atomic mass is 32.2. The molecule has 2 heterocycles. The summed E-state index contributed by atoms with van der Waals surface area (Å²) in [5.74, 6) is 1.22. The van der Waals surface area contributed by atoms with Gasteiger partial charge in [0.1, 0.15) is 0 Å². The lowest BCUT2D eigenvalue weighted by Gasteiger charge is -2.10. The van der Waals surface area contributed by atoms with Crippen molar-refractivity contribution >= 4 is 40.2 Å². The zero-order chi connectivity index (χ0) is 29.3. The number of carbonyl (C=O) groups excluding carboxylic acids is 1. The molecule has 9 heteroatoms. The van der Waals surface area contributed by atoms with Crippen molar-refractivity contribution in [3.8, 4) is 0 Å². The molecule has 0 fully saturated rings. The third-order valence-electron chi connectivity index (χ3n) is 7.16. The largest absolute Gasteiger partial charge is 0.291 e. The maximum Gasteiger partial charge on any atom is 0.262 e. The SMILES string of the molecule is Cc1nc(SCc2ccc(C(=O)c3ccc(CSc4nc5cccc(C)c5c(=O)n4C)cc3)cc2)n(C)c(=O)c1C. The molecule has 208 valence electrons. The Bertz CT molecular complexity index is 1890. The second kappa shape index (κ2) is 11.9. The van der Waals surface area contributed by atoms with E-state index in [0.717, 1.165) is 22.4 Å². The highest BCUT2D eigenvalue weighted by molar-refractivity contribution is 7.98. The molecule has 0 atom stereocenters. The van der Waals surface area contributed by atoms with Crippen LogP contribution in [-0.4, -0.2) is 24.9 Å². The highest BCUT2D eigenvalue weighted by Crippen LogP contribution is 2.24. The minimum atomic E-state index is -0.0475. The van der Waals surface area contributed by atoms with Crippen LogP contribution < -0.4 is 11.1 Å². The van der Waals surface area contributed by atoms with Gasteiger partial charge in [0.05, 0.1) is 10.9 Å². The third kappa shape index (κ3) is 5.92. The van der Waals surface area contributed by atoms with Gasteiger partial charge in [0.2, 0.25) is 0 Å². The first-order valence-corrected chi connectivity index (χ1v) is 15.1. The average Bonchev–Trinajstić information content (AvgIpc) is 2.98. The van der Waals surface area contributed by atoms with Gasteiger partial charge >= 0.3 is 0 Å². The van der Waals surface area contributed by atoms with E-state index in [1.54, 1.807) is 30.2 Å². The molecule has 5 rings (SSSR count). The summed E-state index contributed by atoms with van der Waals surface area (Å²) in [5.41, 5.74) is 6.25. The first-order valence-electron chi connectivity index (χ1n) is 13.1. The number of thioether (sulfide) groups is 2. The number of fused-ring (bicyclic) bond motifs is 1. The maximum absolute atomic E-state index is 13.1. The minimum Gasteiger partial charge on any atom is -0.291 e. The van der Waals surface area contributed by atoms with Crippen LogP contribution in [0.2, 0.25) is 0 Å². The molecule has 0 saturated carbocycles. The van der Waals surface area contributed by atoms with Crippen molar-refractivity contribution in [2.45, 2.75) is 42.6 Å². The van der Waals surface area contributed by atoms with Crippen molar-refractivity contribution in [1.82, 2.24) is 19.1 Å². The van der Waals surface area contributed by atoms with Gasteiger partial charge in [-0.25, -0.2) is 9.97 Å². The lowest BCUT2D eigenvalue weighted by atomic mass is 10.0. The summed E-state index contributed by atoms with van der Waals surface area (Å²) in [4.78, 5) is 47.6. The quantitative estimate of drug-likeness (QED) is 0.130. The van der Waals surface area contributed by atoms with Gasteiger partial charge in [-0.3, -0.25) is 23.5 Å². The number of hydrogen-bond donors (Lipinski definition) is 0. The lowest BCUT2D eigenvalue weighted by Crippen LogP contribution is -2.23. The highest BCUT2D eigenvalue weighted by Gasteiger charge is 2.13. The van der Waals surface area contributed by atoms with Gasteiger partial charge < -0.3 is 0 Å². The zero-order valence-corrected chi connectivity index (χ0v) is 25.2. The molecule has 0 aliphatic rings. The fourth-order valence-electron chi connectivity index (χ4n) is 4.48. The van der Waals surface area contributed by atoms with Crippen molar-refractivity contribution in [2.24, 2.45) is 14.1 Å². The van der Waals surface area contributed by atoms with Crippen LogP contribution >= 0.6 is 23.5 Å². The van der Waals surface area contributed by atoms with E-state index >= 15 is 0 Å². The Balaban J connectivity index is 1.22. The molecule has 0 saturated heterocycles. The van der Waals surface area contributed by atoms with Crippen LogP contribution in [0, 0.1) is 20.8 Å². The van der Waals surface area contributed by atoms with Gasteiger partial charge in [0, 0.05) is 48.0 Å². The summed E-state index contributed by atoms with van der Waals surface area (Å²) >= 11 is 2.99. The minimum absolute atomic E-state index is 0.0309. The van der Waals surface area contributed by atoms with Gasteiger partial charge in [0.15, 0.2) is 16.1 Å². The van der Waals surface area contributed by atoms with Gasteiger partial charge in [-0.1, -0.05) is 84.2 Å². The fourth-order valence-corrected chi connectivity index (χ4v) is 6.37. The number of nitrogens with zero attached hydrogens (tertiary/aromatic N) is 4.